The Kier molecular flexibility index (Phi) is 8.77. The fourth-order valence-corrected chi connectivity index (χ4v) is 8.75. The molecule has 48 heavy (non-hydrogen) atoms. The highest BCUT2D eigenvalue weighted by Crippen LogP contribution is 2.51. The lowest BCUT2D eigenvalue weighted by Crippen LogP contribution is -2.27. The number of unbranched alkanes of at least 4 members (excludes halogenated alkanes) is 3. The summed E-state index contributed by atoms with van der Waals surface area (Å²) in [5, 5.41) is 5.37. The van der Waals surface area contributed by atoms with Crippen molar-refractivity contribution in [3.8, 4) is 0 Å². The first-order chi connectivity index (χ1) is 23.2. The summed E-state index contributed by atoms with van der Waals surface area (Å²) in [7, 11) is 2.23. The fourth-order valence-electron chi connectivity index (χ4n) is 8.75. The van der Waals surface area contributed by atoms with Gasteiger partial charge in [-0.3, -0.25) is 0 Å². The third kappa shape index (κ3) is 5.66. The van der Waals surface area contributed by atoms with E-state index < -0.39 is 0 Å². The van der Waals surface area contributed by atoms with Crippen LogP contribution in [-0.2, 0) is 10.8 Å². The molecular formula is C45H52N3+. The summed E-state index contributed by atoms with van der Waals surface area (Å²) >= 11 is 0. The van der Waals surface area contributed by atoms with E-state index >= 15 is 0 Å². The predicted molar refractivity (Wildman–Crippen MR) is 207 cm³/mol. The van der Waals surface area contributed by atoms with Crippen LogP contribution in [-0.4, -0.2) is 30.4 Å². The summed E-state index contributed by atoms with van der Waals surface area (Å²) in [5.74, 6) is 0. The number of nitrogens with two attached hydrogens (primary N) is 1. The number of allylic oxidation sites excluding steroid dienone is 8. The van der Waals surface area contributed by atoms with Crippen LogP contribution in [0.25, 0.3) is 21.5 Å². The summed E-state index contributed by atoms with van der Waals surface area (Å²) in [4.78, 5) is 2.62. The van der Waals surface area contributed by atoms with Crippen LogP contribution in [0, 0.1) is 0 Å². The molecule has 0 saturated carbocycles. The Hall–Kier alpha value is -4.21. The van der Waals surface area contributed by atoms with Gasteiger partial charge in [-0.1, -0.05) is 99.5 Å². The van der Waals surface area contributed by atoms with Gasteiger partial charge in [-0.05, 0) is 109 Å². The van der Waals surface area contributed by atoms with Crippen LogP contribution in [0.4, 0.5) is 11.4 Å². The number of fused-ring (bicyclic) bond motifs is 6. The van der Waals surface area contributed by atoms with Gasteiger partial charge in [-0.25, -0.2) is 0 Å². The van der Waals surface area contributed by atoms with Crippen molar-refractivity contribution in [2.45, 2.75) is 83.5 Å². The summed E-state index contributed by atoms with van der Waals surface area (Å²) in [5.41, 5.74) is 16.8. The number of hydrogen-bond acceptors (Lipinski definition) is 2. The van der Waals surface area contributed by atoms with E-state index in [9.17, 15) is 0 Å². The van der Waals surface area contributed by atoms with Gasteiger partial charge in [-0.2, -0.15) is 4.58 Å². The quantitative estimate of drug-likeness (QED) is 0.147. The first-order valence-electron chi connectivity index (χ1n) is 18.1. The smallest absolute Gasteiger partial charge is 0.210 e. The molecule has 0 amide bonds. The van der Waals surface area contributed by atoms with Gasteiger partial charge >= 0.3 is 0 Å². The second-order valence-corrected chi connectivity index (χ2v) is 15.1. The van der Waals surface area contributed by atoms with Gasteiger partial charge < -0.3 is 10.6 Å². The summed E-state index contributed by atoms with van der Waals surface area (Å²) in [6.45, 7) is 11.4. The summed E-state index contributed by atoms with van der Waals surface area (Å²) in [6.07, 6.45) is 20.2. The monoisotopic (exact) mass is 634 g/mol. The van der Waals surface area contributed by atoms with Crippen molar-refractivity contribution in [1.29, 1.82) is 0 Å². The molecule has 0 radical (unpaired) electrons. The third-order valence-corrected chi connectivity index (χ3v) is 11.2. The first kappa shape index (κ1) is 32.3. The van der Waals surface area contributed by atoms with Crippen molar-refractivity contribution in [2.75, 3.05) is 25.0 Å². The molecule has 3 heteroatoms. The Morgan fingerprint density at radius 3 is 2.17 bits per heavy atom. The van der Waals surface area contributed by atoms with Gasteiger partial charge in [0.15, 0.2) is 5.71 Å². The van der Waals surface area contributed by atoms with Crippen LogP contribution in [0.2, 0.25) is 0 Å². The van der Waals surface area contributed by atoms with E-state index in [0.29, 0.717) is 0 Å². The molecule has 1 aliphatic carbocycles. The van der Waals surface area contributed by atoms with Crippen molar-refractivity contribution in [3.05, 3.63) is 131 Å². The lowest BCUT2D eigenvalue weighted by Gasteiger charge is -2.27. The van der Waals surface area contributed by atoms with Crippen LogP contribution in [0.15, 0.2) is 120 Å². The third-order valence-electron chi connectivity index (χ3n) is 11.2. The van der Waals surface area contributed by atoms with Crippen molar-refractivity contribution < 1.29 is 4.58 Å². The highest BCUT2D eigenvalue weighted by Gasteiger charge is 2.44. The molecule has 7 rings (SSSR count). The highest BCUT2D eigenvalue weighted by molar-refractivity contribution is 6.07. The largest absolute Gasteiger partial charge is 0.344 e. The van der Waals surface area contributed by atoms with Crippen LogP contribution >= 0.6 is 0 Å². The molecule has 3 aliphatic rings. The maximum absolute atomic E-state index is 5.79. The lowest BCUT2D eigenvalue weighted by atomic mass is 9.79. The van der Waals surface area contributed by atoms with Gasteiger partial charge in [0.25, 0.3) is 0 Å². The Labute approximate surface area is 287 Å². The molecule has 4 aromatic carbocycles. The summed E-state index contributed by atoms with van der Waals surface area (Å²) in [6, 6.07) is 26.9. The van der Waals surface area contributed by atoms with Crippen molar-refractivity contribution >= 4 is 38.6 Å². The Bertz CT molecular complexity index is 2030. The van der Waals surface area contributed by atoms with Crippen LogP contribution in [0.1, 0.15) is 83.8 Å². The standard InChI is InChI=1S/C45H52N3/c1-44(2)40(47(5)38-25-23-34-17-8-10-19-36(34)42(38)44)27-21-32-15-14-16-33(31-32)22-28-41-45(3,4)43-37-20-11-9-18-35(37)24-26-39(43)48(41)30-13-7-6-12-29-46/h8-11,17-28,31H,6-7,12-16,29-30,46H2,1-5H3/q+1. The molecule has 0 fully saturated rings. The van der Waals surface area contributed by atoms with E-state index in [1.807, 2.05) is 0 Å². The normalized spacial score (nSPS) is 20.0. The van der Waals surface area contributed by atoms with Gasteiger partial charge in [-0.15, -0.1) is 0 Å². The highest BCUT2D eigenvalue weighted by atomic mass is 15.2. The van der Waals surface area contributed by atoms with Crippen LogP contribution in [0.5, 0.6) is 0 Å². The molecule has 0 aromatic heterocycles. The molecule has 0 saturated heterocycles. The van der Waals surface area contributed by atoms with Crippen LogP contribution < -0.4 is 10.6 Å². The Morgan fingerprint density at radius 1 is 0.729 bits per heavy atom. The van der Waals surface area contributed by atoms with E-state index in [4.69, 9.17) is 5.73 Å². The lowest BCUT2D eigenvalue weighted by molar-refractivity contribution is -0.401. The minimum absolute atomic E-state index is 0.0687. The fraction of sp³-hybridized carbons (Fsp3) is 0.356. The minimum atomic E-state index is -0.0832. The number of nitrogens with zero attached hydrogens (tertiary/aromatic N) is 2. The topological polar surface area (TPSA) is 32.3 Å². The van der Waals surface area contributed by atoms with Gasteiger partial charge in [0, 0.05) is 41.1 Å². The maximum Gasteiger partial charge on any atom is 0.210 e. The zero-order valence-electron chi connectivity index (χ0n) is 29.7. The molecule has 0 bridgehead atoms. The zero-order valence-corrected chi connectivity index (χ0v) is 29.7. The van der Waals surface area contributed by atoms with E-state index in [1.54, 1.807) is 0 Å². The summed E-state index contributed by atoms with van der Waals surface area (Å²) < 4.78 is 2.40. The van der Waals surface area contributed by atoms with Crippen molar-refractivity contribution in [1.82, 2.24) is 0 Å². The molecule has 0 unspecified atom stereocenters. The predicted octanol–water partition coefficient (Wildman–Crippen LogP) is 10.8. The average molecular weight is 635 g/mol. The number of anilines is 1. The minimum Gasteiger partial charge on any atom is -0.344 e. The molecule has 3 nitrogen and oxygen atoms in total. The van der Waals surface area contributed by atoms with E-state index in [2.05, 4.69) is 147 Å². The van der Waals surface area contributed by atoms with E-state index in [1.165, 1.54) is 92.3 Å². The molecular weight excluding hydrogens is 583 g/mol. The Balaban J connectivity index is 1.19. The maximum atomic E-state index is 5.79. The molecule has 0 spiro atoms. The zero-order chi connectivity index (χ0) is 33.5. The molecule has 2 aliphatic heterocycles. The molecule has 246 valence electrons. The average Bonchev–Trinajstić information content (AvgIpc) is 3.43. The number of hydrogen-bond donors (Lipinski definition) is 1. The second-order valence-electron chi connectivity index (χ2n) is 15.1. The first-order valence-corrected chi connectivity index (χ1v) is 18.1. The van der Waals surface area contributed by atoms with E-state index in [-0.39, 0.29) is 10.8 Å². The second kappa shape index (κ2) is 13.0. The van der Waals surface area contributed by atoms with E-state index in [0.717, 1.165) is 32.4 Å². The van der Waals surface area contributed by atoms with Gasteiger partial charge in [0.1, 0.15) is 7.05 Å². The Morgan fingerprint density at radius 2 is 1.42 bits per heavy atom. The molecule has 2 N–H and O–H groups in total. The number of benzene rings is 4. The van der Waals surface area contributed by atoms with Gasteiger partial charge in [0.05, 0.1) is 5.41 Å². The van der Waals surface area contributed by atoms with Crippen LogP contribution in [0.3, 0.4) is 0 Å². The molecule has 2 heterocycles. The molecule has 0 atom stereocenters. The molecule has 4 aromatic rings. The SMILES string of the molecule is C[N+]1=C(/C=C/C2=CC(=C/C=C3/N(CCCCCCN)c4ccc5ccccc5c4C3(C)C)/CCC2)C(C)(C)c2c1ccc1ccccc21. The van der Waals surface area contributed by atoms with Crippen molar-refractivity contribution in [2.24, 2.45) is 5.73 Å². The number of rotatable bonds is 9. The van der Waals surface area contributed by atoms with Crippen molar-refractivity contribution in [3.63, 3.8) is 0 Å². The van der Waals surface area contributed by atoms with Gasteiger partial charge in [0.2, 0.25) is 5.69 Å².